The highest BCUT2D eigenvalue weighted by molar-refractivity contribution is 14.0. The van der Waals surface area contributed by atoms with Crippen molar-refractivity contribution in [2.75, 3.05) is 27.3 Å². The van der Waals surface area contributed by atoms with Crippen LogP contribution in [0.25, 0.3) is 0 Å². The predicted octanol–water partition coefficient (Wildman–Crippen LogP) is 3.56. The van der Waals surface area contributed by atoms with Crippen molar-refractivity contribution in [1.29, 1.82) is 0 Å². The van der Waals surface area contributed by atoms with Crippen molar-refractivity contribution in [3.63, 3.8) is 0 Å². The molecule has 0 aliphatic heterocycles. The molecule has 0 fully saturated rings. The number of methoxy groups -OCH3 is 2. The smallest absolute Gasteiger partial charge is 0.188 e. The van der Waals surface area contributed by atoms with Crippen molar-refractivity contribution in [3.05, 3.63) is 39.8 Å². The molecule has 6 nitrogen and oxygen atoms in total. The lowest BCUT2D eigenvalue weighted by Gasteiger charge is -2.10. The molecule has 1 heterocycles. The number of hydrogen-bond donors (Lipinski definition) is 2. The zero-order chi connectivity index (χ0) is 18.8. The van der Waals surface area contributed by atoms with Crippen molar-refractivity contribution in [2.24, 2.45) is 10.7 Å². The van der Waals surface area contributed by atoms with E-state index in [0.717, 1.165) is 61.5 Å². The molecule has 0 saturated heterocycles. The van der Waals surface area contributed by atoms with Crippen LogP contribution in [0.2, 0.25) is 0 Å². The van der Waals surface area contributed by atoms with Crippen LogP contribution in [0.4, 0.5) is 0 Å². The van der Waals surface area contributed by atoms with Gasteiger partial charge in [0.15, 0.2) is 17.5 Å². The number of guanidine groups is 1. The van der Waals surface area contributed by atoms with Crippen LogP contribution < -0.4 is 20.5 Å². The maximum Gasteiger partial charge on any atom is 0.188 e. The molecule has 0 unspecified atom stereocenters. The molecule has 8 heteroatoms. The lowest BCUT2D eigenvalue weighted by Crippen LogP contribution is -2.33. The fraction of sp³-hybridized carbons (Fsp3) is 0.474. The fourth-order valence-electron chi connectivity index (χ4n) is 2.53. The summed E-state index contributed by atoms with van der Waals surface area (Å²) in [6, 6.07) is 5.92. The molecule has 0 atom stereocenters. The summed E-state index contributed by atoms with van der Waals surface area (Å²) >= 11 is 1.73. The molecule has 1 aromatic heterocycles. The summed E-state index contributed by atoms with van der Waals surface area (Å²) in [5, 5.41) is 6.45. The van der Waals surface area contributed by atoms with E-state index in [4.69, 9.17) is 15.2 Å². The largest absolute Gasteiger partial charge is 0.493 e. The summed E-state index contributed by atoms with van der Waals surface area (Å²) in [4.78, 5) is 8.84. The van der Waals surface area contributed by atoms with E-state index in [1.54, 1.807) is 25.6 Å². The van der Waals surface area contributed by atoms with Crippen molar-refractivity contribution in [1.82, 2.24) is 10.3 Å². The number of nitrogens with one attached hydrogen (secondary N) is 1. The Morgan fingerprint density at radius 3 is 2.63 bits per heavy atom. The van der Waals surface area contributed by atoms with Gasteiger partial charge >= 0.3 is 0 Å². The molecule has 2 rings (SSSR count). The number of thiazole rings is 1. The van der Waals surface area contributed by atoms with E-state index in [1.807, 2.05) is 25.1 Å². The Bertz CT molecular complexity index is 721. The average Bonchev–Trinajstić information content (AvgIpc) is 3.06. The van der Waals surface area contributed by atoms with Gasteiger partial charge in [0.25, 0.3) is 0 Å². The second-order valence-corrected chi connectivity index (χ2v) is 6.92. The Labute approximate surface area is 182 Å². The Morgan fingerprint density at radius 1 is 1.19 bits per heavy atom. The molecule has 150 valence electrons. The summed E-state index contributed by atoms with van der Waals surface area (Å²) in [7, 11) is 3.27. The van der Waals surface area contributed by atoms with Crippen molar-refractivity contribution < 1.29 is 9.47 Å². The number of unbranched alkanes of at least 4 members (excludes halogenated alkanes) is 1. The Morgan fingerprint density at radius 2 is 1.96 bits per heavy atom. The van der Waals surface area contributed by atoms with Gasteiger partial charge in [-0.2, -0.15) is 0 Å². The topological polar surface area (TPSA) is 81.8 Å². The lowest BCUT2D eigenvalue weighted by molar-refractivity contribution is 0.354. The molecule has 27 heavy (non-hydrogen) atoms. The standard InChI is InChI=1S/C19H28N4O2S.HI/c1-14-13-26-18(23-14)6-4-5-10-21-19(20)22-11-9-15-7-8-16(24-2)17(12-15)25-3;/h7-8,12-13H,4-6,9-11H2,1-3H3,(H3,20,21,22);1H. The molecule has 2 aromatic rings. The van der Waals surface area contributed by atoms with Gasteiger partial charge < -0.3 is 20.5 Å². The molecule has 0 radical (unpaired) electrons. The first-order chi connectivity index (χ1) is 12.6. The third-order valence-corrected chi connectivity index (χ3v) is 4.94. The van der Waals surface area contributed by atoms with Gasteiger partial charge in [0, 0.05) is 24.2 Å². The van der Waals surface area contributed by atoms with Gasteiger partial charge in [-0.1, -0.05) is 6.07 Å². The van der Waals surface area contributed by atoms with Gasteiger partial charge in [-0.05, 0) is 50.3 Å². The summed E-state index contributed by atoms with van der Waals surface area (Å²) in [5.74, 6) is 1.97. The Hall–Kier alpha value is -1.55. The zero-order valence-electron chi connectivity index (χ0n) is 16.2. The number of aromatic nitrogens is 1. The third-order valence-electron chi connectivity index (χ3n) is 3.92. The number of rotatable bonds is 10. The predicted molar refractivity (Wildman–Crippen MR) is 123 cm³/mol. The number of hydrogen-bond acceptors (Lipinski definition) is 5. The number of nitrogens with two attached hydrogens (primary N) is 1. The van der Waals surface area contributed by atoms with E-state index in [9.17, 15) is 0 Å². The van der Waals surface area contributed by atoms with Crippen molar-refractivity contribution in [2.45, 2.75) is 32.6 Å². The van der Waals surface area contributed by atoms with Gasteiger partial charge in [-0.15, -0.1) is 35.3 Å². The maximum atomic E-state index is 5.92. The monoisotopic (exact) mass is 504 g/mol. The minimum absolute atomic E-state index is 0. The van der Waals surface area contributed by atoms with E-state index in [0.29, 0.717) is 5.96 Å². The molecule has 0 aliphatic rings. The lowest BCUT2D eigenvalue weighted by atomic mass is 10.1. The van der Waals surface area contributed by atoms with Gasteiger partial charge in [-0.25, -0.2) is 4.98 Å². The number of nitrogens with zero attached hydrogens (tertiary/aromatic N) is 2. The highest BCUT2D eigenvalue weighted by Crippen LogP contribution is 2.27. The quantitative estimate of drug-likeness (QED) is 0.224. The van der Waals surface area contributed by atoms with Crippen LogP contribution in [0.5, 0.6) is 11.5 Å². The van der Waals surface area contributed by atoms with Crippen LogP contribution in [0.1, 0.15) is 29.1 Å². The highest BCUT2D eigenvalue weighted by atomic mass is 127. The molecular weight excluding hydrogens is 475 g/mol. The molecule has 0 aliphatic carbocycles. The van der Waals surface area contributed by atoms with Gasteiger partial charge in [0.2, 0.25) is 0 Å². The van der Waals surface area contributed by atoms with Gasteiger partial charge in [0.1, 0.15) is 0 Å². The summed E-state index contributed by atoms with van der Waals surface area (Å²) in [6.07, 6.45) is 3.94. The minimum atomic E-state index is 0. The van der Waals surface area contributed by atoms with Crippen molar-refractivity contribution in [3.8, 4) is 11.5 Å². The van der Waals surface area contributed by atoms with E-state index < -0.39 is 0 Å². The Kier molecular flexibility index (Phi) is 11.1. The van der Waals surface area contributed by atoms with Crippen LogP contribution in [-0.2, 0) is 12.8 Å². The van der Waals surface area contributed by atoms with E-state index in [1.165, 1.54) is 5.01 Å². The first-order valence-corrected chi connectivity index (χ1v) is 9.66. The molecule has 0 saturated carbocycles. The van der Waals surface area contributed by atoms with Crippen LogP contribution in [0, 0.1) is 6.92 Å². The second kappa shape index (κ2) is 12.8. The van der Waals surface area contributed by atoms with Crippen molar-refractivity contribution >= 4 is 41.3 Å². The summed E-state index contributed by atoms with van der Waals surface area (Å²) < 4.78 is 10.6. The first-order valence-electron chi connectivity index (χ1n) is 8.78. The summed E-state index contributed by atoms with van der Waals surface area (Å²) in [5.41, 5.74) is 8.18. The highest BCUT2D eigenvalue weighted by Gasteiger charge is 2.04. The number of halogens is 1. The third kappa shape index (κ3) is 8.34. The summed E-state index contributed by atoms with van der Waals surface area (Å²) in [6.45, 7) is 3.49. The van der Waals surface area contributed by atoms with Crippen LogP contribution in [0.15, 0.2) is 28.6 Å². The normalized spacial score (nSPS) is 11.0. The molecule has 0 bridgehead atoms. The molecule has 3 N–H and O–H groups in total. The number of aryl methyl sites for hydroxylation is 2. The second-order valence-electron chi connectivity index (χ2n) is 5.97. The van der Waals surface area contributed by atoms with Crippen LogP contribution >= 0.6 is 35.3 Å². The molecular formula is C19H29IN4O2S. The van der Waals surface area contributed by atoms with Crippen LogP contribution in [-0.4, -0.2) is 38.3 Å². The maximum absolute atomic E-state index is 5.92. The minimum Gasteiger partial charge on any atom is -0.493 e. The number of benzene rings is 1. The number of ether oxygens (including phenoxy) is 2. The SMILES string of the molecule is COc1ccc(CCNC(N)=NCCCCc2nc(C)cs2)cc1OC.I. The van der Waals surface area contributed by atoms with Crippen LogP contribution in [0.3, 0.4) is 0 Å². The Balaban J connectivity index is 0.00000364. The van der Waals surface area contributed by atoms with Gasteiger partial charge in [0.05, 0.1) is 19.2 Å². The van der Waals surface area contributed by atoms with E-state index >= 15 is 0 Å². The molecule has 1 aromatic carbocycles. The fourth-order valence-corrected chi connectivity index (χ4v) is 3.35. The van der Waals surface area contributed by atoms with E-state index in [-0.39, 0.29) is 24.0 Å². The first kappa shape index (κ1) is 23.5. The average molecular weight is 504 g/mol. The van der Waals surface area contributed by atoms with Gasteiger partial charge in [-0.3, -0.25) is 4.99 Å². The van der Waals surface area contributed by atoms with E-state index in [2.05, 4.69) is 20.7 Å². The zero-order valence-corrected chi connectivity index (χ0v) is 19.3. The molecule has 0 amide bonds. The molecule has 0 spiro atoms. The number of aliphatic imine (C=N–C) groups is 1.